The zero-order valence-corrected chi connectivity index (χ0v) is 13.4. The average Bonchev–Trinajstić information content (AvgIpc) is 3.03. The lowest BCUT2D eigenvalue weighted by atomic mass is 10.1. The summed E-state index contributed by atoms with van der Waals surface area (Å²) in [6.45, 7) is 5.85. The molecule has 6 heteroatoms. The Kier molecular flexibility index (Phi) is 5.15. The highest BCUT2D eigenvalue weighted by atomic mass is 16.6. The van der Waals surface area contributed by atoms with Gasteiger partial charge in [-0.25, -0.2) is 0 Å². The summed E-state index contributed by atoms with van der Waals surface area (Å²) >= 11 is 0. The molecule has 1 aromatic carbocycles. The van der Waals surface area contributed by atoms with E-state index in [1.54, 1.807) is 0 Å². The molecular formula is C17H23N3O3. The number of ether oxygens (including phenoxy) is 2. The first-order valence-electron chi connectivity index (χ1n) is 8.07. The highest BCUT2D eigenvalue weighted by Gasteiger charge is 2.16. The summed E-state index contributed by atoms with van der Waals surface area (Å²) in [6.07, 6.45) is 2.91. The van der Waals surface area contributed by atoms with Crippen LogP contribution in [0.2, 0.25) is 0 Å². The molecule has 124 valence electrons. The number of aliphatic hydroxyl groups excluding tert-OH is 1. The van der Waals surface area contributed by atoms with Gasteiger partial charge in [-0.05, 0) is 31.2 Å². The predicted molar refractivity (Wildman–Crippen MR) is 87.7 cm³/mol. The molecule has 0 amide bonds. The van der Waals surface area contributed by atoms with Crippen LogP contribution in [0.25, 0.3) is 11.3 Å². The molecule has 0 unspecified atom stereocenters. The SMILES string of the molecule is CCCN(CCO)Cc1cn[nH]c1-c1ccc2c(c1)OCCO2. The molecule has 1 aliphatic rings. The van der Waals surface area contributed by atoms with Crippen LogP contribution in [0, 0.1) is 0 Å². The molecule has 6 nitrogen and oxygen atoms in total. The van der Waals surface area contributed by atoms with E-state index < -0.39 is 0 Å². The lowest BCUT2D eigenvalue weighted by molar-refractivity contribution is 0.171. The van der Waals surface area contributed by atoms with Crippen LogP contribution in [0.4, 0.5) is 0 Å². The van der Waals surface area contributed by atoms with Gasteiger partial charge in [0.15, 0.2) is 11.5 Å². The van der Waals surface area contributed by atoms with E-state index in [0.29, 0.717) is 19.8 Å². The number of H-pyrrole nitrogens is 1. The maximum atomic E-state index is 9.22. The van der Waals surface area contributed by atoms with Crippen LogP contribution in [0.5, 0.6) is 11.5 Å². The fourth-order valence-corrected chi connectivity index (χ4v) is 2.85. The van der Waals surface area contributed by atoms with Gasteiger partial charge in [-0.1, -0.05) is 6.92 Å². The van der Waals surface area contributed by atoms with E-state index in [0.717, 1.165) is 47.8 Å². The highest BCUT2D eigenvalue weighted by molar-refractivity contribution is 5.66. The number of rotatable bonds is 7. The van der Waals surface area contributed by atoms with Crippen molar-refractivity contribution in [2.45, 2.75) is 19.9 Å². The Labute approximate surface area is 136 Å². The van der Waals surface area contributed by atoms with Crippen molar-refractivity contribution < 1.29 is 14.6 Å². The molecule has 0 saturated heterocycles. The fraction of sp³-hybridized carbons (Fsp3) is 0.471. The minimum Gasteiger partial charge on any atom is -0.486 e. The summed E-state index contributed by atoms with van der Waals surface area (Å²) in [5, 5.41) is 16.5. The van der Waals surface area contributed by atoms with Gasteiger partial charge in [0.2, 0.25) is 0 Å². The molecule has 1 aromatic heterocycles. The van der Waals surface area contributed by atoms with Gasteiger partial charge in [0.1, 0.15) is 13.2 Å². The zero-order valence-electron chi connectivity index (χ0n) is 13.4. The molecule has 2 aromatic rings. The summed E-state index contributed by atoms with van der Waals surface area (Å²) < 4.78 is 11.2. The Balaban J connectivity index is 1.82. The number of fused-ring (bicyclic) bond motifs is 1. The van der Waals surface area contributed by atoms with Gasteiger partial charge >= 0.3 is 0 Å². The lowest BCUT2D eigenvalue weighted by Crippen LogP contribution is -2.27. The minimum atomic E-state index is 0.164. The van der Waals surface area contributed by atoms with Crippen LogP contribution in [0.15, 0.2) is 24.4 Å². The summed E-state index contributed by atoms with van der Waals surface area (Å²) in [7, 11) is 0. The Bertz CT molecular complexity index is 636. The van der Waals surface area contributed by atoms with E-state index in [1.165, 1.54) is 0 Å². The van der Waals surface area contributed by atoms with Gasteiger partial charge in [-0.3, -0.25) is 10.00 Å². The molecule has 2 heterocycles. The molecule has 0 bridgehead atoms. The summed E-state index contributed by atoms with van der Waals surface area (Å²) in [4.78, 5) is 2.23. The number of benzene rings is 1. The molecule has 0 atom stereocenters. The van der Waals surface area contributed by atoms with E-state index in [4.69, 9.17) is 9.47 Å². The van der Waals surface area contributed by atoms with Gasteiger partial charge in [-0.2, -0.15) is 5.10 Å². The van der Waals surface area contributed by atoms with E-state index in [2.05, 4.69) is 22.0 Å². The molecule has 0 aliphatic carbocycles. The molecule has 0 radical (unpaired) electrons. The van der Waals surface area contributed by atoms with Crippen molar-refractivity contribution in [1.29, 1.82) is 0 Å². The van der Waals surface area contributed by atoms with E-state index >= 15 is 0 Å². The number of aromatic nitrogens is 2. The Morgan fingerprint density at radius 1 is 1.22 bits per heavy atom. The Morgan fingerprint density at radius 3 is 2.83 bits per heavy atom. The fourth-order valence-electron chi connectivity index (χ4n) is 2.85. The average molecular weight is 317 g/mol. The minimum absolute atomic E-state index is 0.164. The summed E-state index contributed by atoms with van der Waals surface area (Å²) in [6, 6.07) is 5.94. The number of aromatic amines is 1. The number of aliphatic hydroxyl groups is 1. The largest absolute Gasteiger partial charge is 0.486 e. The topological polar surface area (TPSA) is 70.6 Å². The normalized spacial score (nSPS) is 13.5. The Morgan fingerprint density at radius 2 is 2.04 bits per heavy atom. The van der Waals surface area contributed by atoms with Gasteiger partial charge in [0.05, 0.1) is 18.5 Å². The maximum Gasteiger partial charge on any atom is 0.162 e. The van der Waals surface area contributed by atoms with Crippen LogP contribution >= 0.6 is 0 Å². The van der Waals surface area contributed by atoms with Crippen molar-refractivity contribution in [3.63, 3.8) is 0 Å². The number of hydrogen-bond acceptors (Lipinski definition) is 5. The predicted octanol–water partition coefficient (Wildman–Crippen LogP) is 2.05. The van der Waals surface area contributed by atoms with Gasteiger partial charge in [-0.15, -0.1) is 0 Å². The number of nitrogens with one attached hydrogen (secondary N) is 1. The molecule has 2 N–H and O–H groups in total. The third-order valence-electron chi connectivity index (χ3n) is 3.90. The van der Waals surface area contributed by atoms with Crippen molar-refractivity contribution in [3.8, 4) is 22.8 Å². The number of hydrogen-bond donors (Lipinski definition) is 2. The molecule has 0 spiro atoms. The number of nitrogens with zero attached hydrogens (tertiary/aromatic N) is 2. The zero-order chi connectivity index (χ0) is 16.1. The van der Waals surface area contributed by atoms with E-state index in [1.807, 2.05) is 24.4 Å². The van der Waals surface area contributed by atoms with Crippen LogP contribution < -0.4 is 9.47 Å². The van der Waals surface area contributed by atoms with Crippen molar-refractivity contribution >= 4 is 0 Å². The van der Waals surface area contributed by atoms with Gasteiger partial charge < -0.3 is 14.6 Å². The first-order valence-corrected chi connectivity index (χ1v) is 8.07. The first kappa shape index (κ1) is 15.8. The highest BCUT2D eigenvalue weighted by Crippen LogP contribution is 2.35. The van der Waals surface area contributed by atoms with Crippen LogP contribution in [0.3, 0.4) is 0 Å². The first-order chi connectivity index (χ1) is 11.3. The second-order valence-corrected chi connectivity index (χ2v) is 5.63. The quantitative estimate of drug-likeness (QED) is 0.818. The van der Waals surface area contributed by atoms with Crippen molar-refractivity contribution in [1.82, 2.24) is 15.1 Å². The van der Waals surface area contributed by atoms with Crippen molar-refractivity contribution in [3.05, 3.63) is 30.0 Å². The third-order valence-corrected chi connectivity index (χ3v) is 3.90. The Hall–Kier alpha value is -2.05. The molecule has 1 aliphatic heterocycles. The molecule has 23 heavy (non-hydrogen) atoms. The lowest BCUT2D eigenvalue weighted by Gasteiger charge is -2.21. The maximum absolute atomic E-state index is 9.22. The monoisotopic (exact) mass is 317 g/mol. The molecule has 0 saturated carbocycles. The summed E-state index contributed by atoms with van der Waals surface area (Å²) in [5.74, 6) is 1.56. The van der Waals surface area contributed by atoms with E-state index in [9.17, 15) is 5.11 Å². The second-order valence-electron chi connectivity index (χ2n) is 5.63. The van der Waals surface area contributed by atoms with Gasteiger partial charge in [0.25, 0.3) is 0 Å². The van der Waals surface area contributed by atoms with Crippen LogP contribution in [0.1, 0.15) is 18.9 Å². The van der Waals surface area contributed by atoms with Gasteiger partial charge in [0, 0.05) is 24.2 Å². The van der Waals surface area contributed by atoms with Crippen LogP contribution in [-0.2, 0) is 6.54 Å². The molecular weight excluding hydrogens is 294 g/mol. The van der Waals surface area contributed by atoms with Crippen molar-refractivity contribution in [2.75, 3.05) is 32.9 Å². The second kappa shape index (κ2) is 7.48. The van der Waals surface area contributed by atoms with Crippen molar-refractivity contribution in [2.24, 2.45) is 0 Å². The van der Waals surface area contributed by atoms with Crippen LogP contribution in [-0.4, -0.2) is 53.1 Å². The summed E-state index contributed by atoms with van der Waals surface area (Å²) in [5.41, 5.74) is 3.13. The standard InChI is InChI=1S/C17H23N3O3/c1-2-5-20(6-7-21)12-14-11-18-19-17(14)13-3-4-15-16(10-13)23-9-8-22-15/h3-4,10-11,21H,2,5-9,12H2,1H3,(H,18,19). The third kappa shape index (κ3) is 3.65. The molecule has 3 rings (SSSR count). The smallest absolute Gasteiger partial charge is 0.162 e. The molecule has 0 fully saturated rings. The van der Waals surface area contributed by atoms with E-state index in [-0.39, 0.29) is 6.61 Å².